The third-order valence-corrected chi connectivity index (χ3v) is 5.90. The van der Waals surface area contributed by atoms with Crippen molar-refractivity contribution in [3.63, 3.8) is 0 Å². The lowest BCUT2D eigenvalue weighted by molar-refractivity contribution is -0.122. The van der Waals surface area contributed by atoms with E-state index < -0.39 is 0 Å². The van der Waals surface area contributed by atoms with E-state index in [-0.39, 0.29) is 11.9 Å². The van der Waals surface area contributed by atoms with Gasteiger partial charge in [-0.1, -0.05) is 45.2 Å². The van der Waals surface area contributed by atoms with E-state index in [2.05, 4.69) is 49.6 Å². The van der Waals surface area contributed by atoms with Gasteiger partial charge >= 0.3 is 0 Å². The first kappa shape index (κ1) is 22.6. The second-order valence-corrected chi connectivity index (χ2v) is 8.68. The molecule has 0 heterocycles. The van der Waals surface area contributed by atoms with Crippen molar-refractivity contribution < 1.29 is 4.79 Å². The molecule has 0 aromatic heterocycles. The van der Waals surface area contributed by atoms with Crippen molar-refractivity contribution in [1.82, 2.24) is 10.6 Å². The second-order valence-electron chi connectivity index (χ2n) is 8.68. The number of amides is 1. The molecule has 0 bridgehead atoms. The SMILES string of the molecule is CNC[C@@H](NC(=O)CCC(C)=Nc1ccc(C(C)C)cc1C)C1CCCCC1. The fraction of sp³-hybridized carbons (Fsp3) is 0.667. The normalized spacial score (nSPS) is 17.0. The van der Waals surface area contributed by atoms with Gasteiger partial charge in [0.25, 0.3) is 0 Å². The van der Waals surface area contributed by atoms with E-state index in [1.54, 1.807) is 0 Å². The highest BCUT2D eigenvalue weighted by Crippen LogP contribution is 2.27. The average molecular weight is 386 g/mol. The van der Waals surface area contributed by atoms with Crippen LogP contribution in [-0.4, -0.2) is 31.3 Å². The zero-order valence-electron chi connectivity index (χ0n) is 18.5. The first-order chi connectivity index (χ1) is 13.4. The van der Waals surface area contributed by atoms with Gasteiger partial charge in [0.05, 0.1) is 5.69 Å². The monoisotopic (exact) mass is 385 g/mol. The lowest BCUT2D eigenvalue weighted by Crippen LogP contribution is -2.46. The van der Waals surface area contributed by atoms with Crippen LogP contribution in [0, 0.1) is 12.8 Å². The van der Waals surface area contributed by atoms with Crippen molar-refractivity contribution in [3.8, 4) is 0 Å². The van der Waals surface area contributed by atoms with Crippen molar-refractivity contribution in [2.75, 3.05) is 13.6 Å². The number of benzene rings is 1. The number of likely N-dealkylation sites (N-methyl/N-ethyl adjacent to an activating group) is 1. The summed E-state index contributed by atoms with van der Waals surface area (Å²) in [5, 5.41) is 6.53. The number of hydrogen-bond donors (Lipinski definition) is 2. The van der Waals surface area contributed by atoms with Crippen LogP contribution >= 0.6 is 0 Å². The summed E-state index contributed by atoms with van der Waals surface area (Å²) in [6.07, 6.45) is 7.60. The fourth-order valence-electron chi connectivity index (χ4n) is 4.09. The summed E-state index contributed by atoms with van der Waals surface area (Å²) in [7, 11) is 1.96. The number of aryl methyl sites for hydroxylation is 1. The first-order valence-corrected chi connectivity index (χ1v) is 11.0. The van der Waals surface area contributed by atoms with E-state index >= 15 is 0 Å². The molecule has 4 nitrogen and oxygen atoms in total. The van der Waals surface area contributed by atoms with Crippen LogP contribution in [0.1, 0.15) is 82.8 Å². The Bertz CT molecular complexity index is 660. The molecule has 0 spiro atoms. The Morgan fingerprint density at radius 2 is 1.89 bits per heavy atom. The minimum Gasteiger partial charge on any atom is -0.352 e. The quantitative estimate of drug-likeness (QED) is 0.569. The van der Waals surface area contributed by atoms with Crippen LogP contribution in [0.25, 0.3) is 0 Å². The van der Waals surface area contributed by atoms with E-state index in [9.17, 15) is 4.79 Å². The van der Waals surface area contributed by atoms with Crippen LogP contribution in [-0.2, 0) is 4.79 Å². The maximum atomic E-state index is 12.5. The van der Waals surface area contributed by atoms with Crippen LogP contribution in [0.5, 0.6) is 0 Å². The van der Waals surface area contributed by atoms with Crippen molar-refractivity contribution >= 4 is 17.3 Å². The largest absolute Gasteiger partial charge is 0.352 e. The third-order valence-electron chi connectivity index (χ3n) is 5.90. The van der Waals surface area contributed by atoms with Crippen LogP contribution in [0.2, 0.25) is 0 Å². The standard InChI is InChI=1S/C24H39N3O/c1-17(2)21-12-13-22(18(3)15-21)26-19(4)11-14-24(28)27-23(16-25-5)20-9-7-6-8-10-20/h12-13,15,17,20,23,25H,6-11,14,16H2,1-5H3,(H,27,28)/t23-/m1/s1. The van der Waals surface area contributed by atoms with Crippen molar-refractivity contribution in [2.24, 2.45) is 10.9 Å². The Hall–Kier alpha value is -1.68. The predicted octanol–water partition coefficient (Wildman–Crippen LogP) is 5.28. The smallest absolute Gasteiger partial charge is 0.220 e. The van der Waals surface area contributed by atoms with Crippen molar-refractivity contribution in [3.05, 3.63) is 29.3 Å². The molecule has 0 aliphatic heterocycles. The maximum Gasteiger partial charge on any atom is 0.220 e. The van der Waals surface area contributed by atoms with E-state index in [4.69, 9.17) is 4.99 Å². The van der Waals surface area contributed by atoms with Gasteiger partial charge in [-0.2, -0.15) is 0 Å². The fourth-order valence-corrected chi connectivity index (χ4v) is 4.09. The molecular formula is C24H39N3O. The molecule has 0 radical (unpaired) electrons. The molecule has 0 saturated heterocycles. The van der Waals surface area contributed by atoms with Crippen LogP contribution in [0.3, 0.4) is 0 Å². The lowest BCUT2D eigenvalue weighted by atomic mass is 9.83. The van der Waals surface area contributed by atoms with Gasteiger partial charge in [0.1, 0.15) is 0 Å². The Morgan fingerprint density at radius 3 is 2.50 bits per heavy atom. The highest BCUT2D eigenvalue weighted by Gasteiger charge is 2.24. The molecule has 28 heavy (non-hydrogen) atoms. The molecule has 1 aromatic carbocycles. The molecule has 1 saturated carbocycles. The predicted molar refractivity (Wildman–Crippen MR) is 120 cm³/mol. The Morgan fingerprint density at radius 1 is 1.18 bits per heavy atom. The summed E-state index contributed by atoms with van der Waals surface area (Å²) >= 11 is 0. The molecule has 1 aliphatic carbocycles. The minimum atomic E-state index is 0.146. The zero-order chi connectivity index (χ0) is 20.5. The van der Waals surface area contributed by atoms with Gasteiger partial charge in [0, 0.05) is 24.7 Å². The molecule has 2 rings (SSSR count). The molecule has 2 N–H and O–H groups in total. The van der Waals surface area contributed by atoms with Crippen molar-refractivity contribution in [1.29, 1.82) is 0 Å². The number of carbonyl (C=O) groups excluding carboxylic acids is 1. The van der Waals surface area contributed by atoms with Gasteiger partial charge in [0.2, 0.25) is 5.91 Å². The molecule has 1 aromatic rings. The van der Waals surface area contributed by atoms with Crippen LogP contribution in [0.4, 0.5) is 5.69 Å². The molecule has 0 unspecified atom stereocenters. The van der Waals surface area contributed by atoms with E-state index in [1.165, 1.54) is 43.2 Å². The molecule has 1 atom stereocenters. The molecular weight excluding hydrogens is 346 g/mol. The van der Waals surface area contributed by atoms with Gasteiger partial charge in [0.15, 0.2) is 0 Å². The summed E-state index contributed by atoms with van der Waals surface area (Å²) in [6.45, 7) is 9.39. The summed E-state index contributed by atoms with van der Waals surface area (Å²) in [4.78, 5) is 17.3. The topological polar surface area (TPSA) is 53.5 Å². The van der Waals surface area contributed by atoms with E-state index in [0.29, 0.717) is 24.7 Å². The number of nitrogens with zero attached hydrogens (tertiary/aromatic N) is 1. The average Bonchev–Trinajstić information content (AvgIpc) is 2.68. The summed E-state index contributed by atoms with van der Waals surface area (Å²) in [6, 6.07) is 6.72. The number of aliphatic imine (C=N–C) groups is 1. The van der Waals surface area contributed by atoms with E-state index in [0.717, 1.165) is 17.9 Å². The first-order valence-electron chi connectivity index (χ1n) is 11.0. The van der Waals surface area contributed by atoms with Crippen molar-refractivity contribution in [2.45, 2.75) is 84.6 Å². The third kappa shape index (κ3) is 7.05. The summed E-state index contributed by atoms with van der Waals surface area (Å²) in [5.41, 5.74) is 4.56. The Labute approximate surface area is 171 Å². The maximum absolute atomic E-state index is 12.5. The van der Waals surface area contributed by atoms with E-state index in [1.807, 2.05) is 14.0 Å². The van der Waals surface area contributed by atoms with Gasteiger partial charge < -0.3 is 10.6 Å². The van der Waals surface area contributed by atoms with Gasteiger partial charge in [-0.05, 0) is 69.2 Å². The molecule has 156 valence electrons. The molecule has 4 heteroatoms. The molecule has 1 amide bonds. The molecule has 1 fully saturated rings. The highest BCUT2D eigenvalue weighted by atomic mass is 16.1. The minimum absolute atomic E-state index is 0.146. The van der Waals surface area contributed by atoms with Gasteiger partial charge in [-0.15, -0.1) is 0 Å². The summed E-state index contributed by atoms with van der Waals surface area (Å²) in [5.74, 6) is 1.28. The lowest BCUT2D eigenvalue weighted by Gasteiger charge is -2.31. The number of nitrogens with one attached hydrogen (secondary N) is 2. The number of carbonyl (C=O) groups is 1. The Kier molecular flexibility index (Phi) is 9.17. The summed E-state index contributed by atoms with van der Waals surface area (Å²) < 4.78 is 0. The molecule has 1 aliphatic rings. The van der Waals surface area contributed by atoms with Crippen LogP contribution in [0.15, 0.2) is 23.2 Å². The Balaban J connectivity index is 1.89. The number of rotatable bonds is 9. The van der Waals surface area contributed by atoms with Gasteiger partial charge in [-0.25, -0.2) is 0 Å². The zero-order valence-corrected chi connectivity index (χ0v) is 18.5. The van der Waals surface area contributed by atoms with Gasteiger partial charge in [-0.3, -0.25) is 9.79 Å². The highest BCUT2D eigenvalue weighted by molar-refractivity contribution is 5.89. The second kappa shape index (κ2) is 11.4. The van der Waals surface area contributed by atoms with Crippen LogP contribution < -0.4 is 10.6 Å². The number of hydrogen-bond acceptors (Lipinski definition) is 3.